The Hall–Kier alpha value is -0.670. The van der Waals surface area contributed by atoms with Crippen LogP contribution in [-0.2, 0) is 4.79 Å². The van der Waals surface area contributed by atoms with Crippen LogP contribution in [0, 0.1) is 0 Å². The largest absolute Gasteiger partial charge is 0.301 e. The summed E-state index contributed by atoms with van der Waals surface area (Å²) in [7, 11) is 0. The maximum Gasteiger partial charge on any atom is 0.152 e. The molecule has 0 aliphatic carbocycles. The number of allylic oxidation sites excluding steroid dienone is 1. The number of hydrogen-bond donors (Lipinski definition) is 0. The van der Waals surface area contributed by atoms with Crippen molar-refractivity contribution < 1.29 is 4.79 Å². The molecule has 0 aromatic rings. The summed E-state index contributed by atoms with van der Waals surface area (Å²) in [5.74, 6) is 0.139. The lowest BCUT2D eigenvalue weighted by Gasteiger charge is -2.33. The molecule has 1 aliphatic heterocycles. The predicted octanol–water partition coefficient (Wildman–Crippen LogP) is 1.16. The molecule has 0 unspecified atom stereocenters. The molecular formula is C12H22N2O. The van der Waals surface area contributed by atoms with Gasteiger partial charge in [-0.3, -0.25) is 9.69 Å². The molecule has 3 nitrogen and oxygen atoms in total. The van der Waals surface area contributed by atoms with Crippen LogP contribution in [0.1, 0.15) is 20.3 Å². The second-order valence-electron chi connectivity index (χ2n) is 4.16. The monoisotopic (exact) mass is 210 g/mol. The zero-order chi connectivity index (χ0) is 11.1. The molecule has 0 amide bonds. The third-order valence-electron chi connectivity index (χ3n) is 2.72. The molecule has 0 radical (unpaired) electrons. The van der Waals surface area contributed by atoms with Crippen molar-refractivity contribution in [3.05, 3.63) is 12.2 Å². The maximum absolute atomic E-state index is 10.7. The van der Waals surface area contributed by atoms with E-state index in [2.05, 4.69) is 16.7 Å². The smallest absolute Gasteiger partial charge is 0.152 e. The number of rotatable bonds is 5. The van der Waals surface area contributed by atoms with Gasteiger partial charge in [-0.05, 0) is 26.0 Å². The van der Waals surface area contributed by atoms with Crippen molar-refractivity contribution in [2.75, 3.05) is 39.3 Å². The van der Waals surface area contributed by atoms with E-state index in [1.807, 2.05) is 6.08 Å². The molecule has 1 aliphatic rings. The SMILES string of the molecule is CCCN1CCN(C/C=C/C(C)=O)CC1. The molecule has 1 fully saturated rings. The van der Waals surface area contributed by atoms with Crippen molar-refractivity contribution in [2.24, 2.45) is 0 Å². The van der Waals surface area contributed by atoms with Crippen LogP contribution in [0.15, 0.2) is 12.2 Å². The van der Waals surface area contributed by atoms with Crippen LogP contribution >= 0.6 is 0 Å². The summed E-state index contributed by atoms with van der Waals surface area (Å²) in [5, 5.41) is 0. The summed E-state index contributed by atoms with van der Waals surface area (Å²) in [6, 6.07) is 0. The summed E-state index contributed by atoms with van der Waals surface area (Å²) >= 11 is 0. The first-order valence-electron chi connectivity index (χ1n) is 5.84. The van der Waals surface area contributed by atoms with E-state index in [1.165, 1.54) is 26.1 Å². The van der Waals surface area contributed by atoms with E-state index >= 15 is 0 Å². The fourth-order valence-corrected chi connectivity index (χ4v) is 1.88. The number of ketones is 1. The van der Waals surface area contributed by atoms with Crippen LogP contribution in [0.5, 0.6) is 0 Å². The third-order valence-corrected chi connectivity index (χ3v) is 2.72. The van der Waals surface area contributed by atoms with Crippen molar-refractivity contribution in [3.8, 4) is 0 Å². The molecule has 1 rings (SSSR count). The second-order valence-corrected chi connectivity index (χ2v) is 4.16. The Balaban J connectivity index is 2.17. The normalized spacial score (nSPS) is 19.9. The van der Waals surface area contributed by atoms with Gasteiger partial charge in [0.1, 0.15) is 0 Å². The highest BCUT2D eigenvalue weighted by Crippen LogP contribution is 2.02. The van der Waals surface area contributed by atoms with Gasteiger partial charge in [-0.1, -0.05) is 13.0 Å². The van der Waals surface area contributed by atoms with E-state index in [1.54, 1.807) is 13.0 Å². The quantitative estimate of drug-likeness (QED) is 0.636. The highest BCUT2D eigenvalue weighted by molar-refractivity contribution is 5.87. The van der Waals surface area contributed by atoms with Gasteiger partial charge in [0, 0.05) is 32.7 Å². The lowest BCUT2D eigenvalue weighted by molar-refractivity contribution is -0.112. The van der Waals surface area contributed by atoms with Crippen molar-refractivity contribution in [1.82, 2.24) is 9.80 Å². The first-order valence-corrected chi connectivity index (χ1v) is 5.84. The van der Waals surface area contributed by atoms with Gasteiger partial charge in [0.2, 0.25) is 0 Å². The van der Waals surface area contributed by atoms with E-state index in [4.69, 9.17) is 0 Å². The molecule has 0 N–H and O–H groups in total. The lowest BCUT2D eigenvalue weighted by atomic mass is 10.3. The first-order chi connectivity index (χ1) is 7.22. The van der Waals surface area contributed by atoms with E-state index in [0.717, 1.165) is 19.6 Å². The molecule has 0 bridgehead atoms. The first kappa shape index (κ1) is 12.4. The number of piperazine rings is 1. The highest BCUT2D eigenvalue weighted by atomic mass is 16.1. The van der Waals surface area contributed by atoms with Crippen molar-refractivity contribution in [2.45, 2.75) is 20.3 Å². The fourth-order valence-electron chi connectivity index (χ4n) is 1.88. The molecule has 0 spiro atoms. The van der Waals surface area contributed by atoms with Crippen LogP contribution < -0.4 is 0 Å². The van der Waals surface area contributed by atoms with E-state index in [0.29, 0.717) is 0 Å². The minimum Gasteiger partial charge on any atom is -0.301 e. The number of carbonyl (C=O) groups excluding carboxylic acids is 1. The average molecular weight is 210 g/mol. The van der Waals surface area contributed by atoms with Gasteiger partial charge >= 0.3 is 0 Å². The standard InChI is InChI=1S/C12H22N2O/c1-3-6-13-8-10-14(11-9-13)7-4-5-12(2)15/h4-5H,3,6-11H2,1-2H3/b5-4+. The topological polar surface area (TPSA) is 23.6 Å². The Morgan fingerprint density at radius 3 is 2.33 bits per heavy atom. The molecule has 1 saturated heterocycles. The van der Waals surface area contributed by atoms with Gasteiger partial charge in [-0.15, -0.1) is 0 Å². The summed E-state index contributed by atoms with van der Waals surface area (Å²) < 4.78 is 0. The Labute approximate surface area is 92.7 Å². The summed E-state index contributed by atoms with van der Waals surface area (Å²) in [4.78, 5) is 15.6. The van der Waals surface area contributed by atoms with Crippen LogP contribution in [0.3, 0.4) is 0 Å². The molecule has 0 atom stereocenters. The number of hydrogen-bond acceptors (Lipinski definition) is 3. The molecule has 0 aromatic carbocycles. The maximum atomic E-state index is 10.7. The van der Waals surface area contributed by atoms with Gasteiger partial charge in [0.05, 0.1) is 0 Å². The highest BCUT2D eigenvalue weighted by Gasteiger charge is 2.14. The Bertz CT molecular complexity index is 218. The van der Waals surface area contributed by atoms with Crippen molar-refractivity contribution in [1.29, 1.82) is 0 Å². The van der Waals surface area contributed by atoms with Crippen molar-refractivity contribution >= 4 is 5.78 Å². The summed E-state index contributed by atoms with van der Waals surface area (Å²) in [6.45, 7) is 10.5. The molecular weight excluding hydrogens is 188 g/mol. The van der Waals surface area contributed by atoms with E-state index in [9.17, 15) is 4.79 Å². The van der Waals surface area contributed by atoms with Crippen LogP contribution in [-0.4, -0.2) is 54.9 Å². The fraction of sp³-hybridized carbons (Fsp3) is 0.750. The van der Waals surface area contributed by atoms with Crippen LogP contribution in [0.4, 0.5) is 0 Å². The van der Waals surface area contributed by atoms with Crippen LogP contribution in [0.25, 0.3) is 0 Å². The van der Waals surface area contributed by atoms with Gasteiger partial charge in [-0.25, -0.2) is 0 Å². The molecule has 15 heavy (non-hydrogen) atoms. The molecule has 1 heterocycles. The average Bonchev–Trinajstić information content (AvgIpc) is 2.20. The Morgan fingerprint density at radius 2 is 1.80 bits per heavy atom. The van der Waals surface area contributed by atoms with Gasteiger partial charge in [0.25, 0.3) is 0 Å². The van der Waals surface area contributed by atoms with E-state index < -0.39 is 0 Å². The minimum absolute atomic E-state index is 0.139. The van der Waals surface area contributed by atoms with Gasteiger partial charge < -0.3 is 4.90 Å². The van der Waals surface area contributed by atoms with Gasteiger partial charge in [0.15, 0.2) is 5.78 Å². The molecule has 0 aromatic heterocycles. The number of nitrogens with zero attached hydrogens (tertiary/aromatic N) is 2. The zero-order valence-corrected chi connectivity index (χ0v) is 9.91. The Morgan fingerprint density at radius 1 is 1.20 bits per heavy atom. The van der Waals surface area contributed by atoms with E-state index in [-0.39, 0.29) is 5.78 Å². The second kappa shape index (κ2) is 6.75. The number of carbonyl (C=O) groups is 1. The minimum atomic E-state index is 0.139. The summed E-state index contributed by atoms with van der Waals surface area (Å²) in [6.07, 6.45) is 4.88. The summed E-state index contributed by atoms with van der Waals surface area (Å²) in [5.41, 5.74) is 0. The predicted molar refractivity (Wildman–Crippen MR) is 63.0 cm³/mol. The van der Waals surface area contributed by atoms with Crippen molar-refractivity contribution in [3.63, 3.8) is 0 Å². The molecule has 3 heteroatoms. The Kier molecular flexibility index (Phi) is 5.58. The third kappa shape index (κ3) is 5.09. The van der Waals surface area contributed by atoms with Crippen LogP contribution in [0.2, 0.25) is 0 Å². The van der Waals surface area contributed by atoms with Gasteiger partial charge in [-0.2, -0.15) is 0 Å². The lowest BCUT2D eigenvalue weighted by Crippen LogP contribution is -2.46. The molecule has 86 valence electrons. The zero-order valence-electron chi connectivity index (χ0n) is 9.91. The molecule has 0 saturated carbocycles.